The van der Waals surface area contributed by atoms with Crippen LogP contribution in [0.5, 0.6) is 0 Å². The highest BCUT2D eigenvalue weighted by Gasteiger charge is 2.23. The number of carbonyl (C=O) groups excluding carboxylic acids is 2. The van der Waals surface area contributed by atoms with Gasteiger partial charge in [0.05, 0.1) is 13.2 Å². The van der Waals surface area contributed by atoms with Crippen molar-refractivity contribution in [2.45, 2.75) is 26.3 Å². The van der Waals surface area contributed by atoms with Gasteiger partial charge in [0.1, 0.15) is 6.04 Å². The average Bonchev–Trinajstić information content (AvgIpc) is 2.60. The molecule has 138 valence electrons. The van der Waals surface area contributed by atoms with E-state index in [9.17, 15) is 9.59 Å². The highest BCUT2D eigenvalue weighted by atomic mass is 16.5. The second kappa shape index (κ2) is 10.2. The minimum Gasteiger partial charge on any atom is -0.379 e. The molecule has 1 saturated heterocycles. The van der Waals surface area contributed by atoms with E-state index >= 15 is 0 Å². The number of amides is 2. The van der Waals surface area contributed by atoms with E-state index in [-0.39, 0.29) is 17.7 Å². The van der Waals surface area contributed by atoms with Crippen LogP contribution in [0.1, 0.15) is 31.9 Å². The van der Waals surface area contributed by atoms with E-state index in [4.69, 9.17) is 4.74 Å². The molecule has 1 aromatic rings. The monoisotopic (exact) mass is 347 g/mol. The molecule has 0 saturated carbocycles. The third-order valence-electron chi connectivity index (χ3n) is 4.13. The Morgan fingerprint density at radius 1 is 1.16 bits per heavy atom. The summed E-state index contributed by atoms with van der Waals surface area (Å²) in [6.07, 6.45) is 0.407. The topological polar surface area (TPSA) is 70.7 Å². The zero-order chi connectivity index (χ0) is 18.1. The predicted octanol–water partition coefficient (Wildman–Crippen LogP) is 1.34. The van der Waals surface area contributed by atoms with Crippen LogP contribution >= 0.6 is 0 Å². The van der Waals surface area contributed by atoms with Gasteiger partial charge in [-0.2, -0.15) is 0 Å². The van der Waals surface area contributed by atoms with Gasteiger partial charge < -0.3 is 15.4 Å². The molecule has 1 unspecified atom stereocenters. The number of morpholine rings is 1. The lowest BCUT2D eigenvalue weighted by Gasteiger charge is -2.27. The Morgan fingerprint density at radius 2 is 1.84 bits per heavy atom. The predicted molar refractivity (Wildman–Crippen MR) is 97.0 cm³/mol. The number of rotatable bonds is 8. The van der Waals surface area contributed by atoms with Gasteiger partial charge in [-0.3, -0.25) is 14.5 Å². The van der Waals surface area contributed by atoms with Crippen molar-refractivity contribution in [1.29, 1.82) is 0 Å². The molecule has 2 rings (SSSR count). The van der Waals surface area contributed by atoms with Crippen LogP contribution in [0.2, 0.25) is 0 Å². The van der Waals surface area contributed by atoms with Gasteiger partial charge in [-0.05, 0) is 11.5 Å². The SMILES string of the molecule is CC(C)CC(=O)NC(C(=O)NCCN1CCOCC1)c1ccccc1. The Labute approximate surface area is 149 Å². The Bertz CT molecular complexity index is 542. The van der Waals surface area contributed by atoms with Crippen LogP contribution in [-0.4, -0.2) is 56.1 Å². The number of nitrogens with one attached hydrogen (secondary N) is 2. The molecular weight excluding hydrogens is 318 g/mol. The minimum absolute atomic E-state index is 0.104. The quantitative estimate of drug-likeness (QED) is 0.744. The van der Waals surface area contributed by atoms with Crippen LogP contribution in [0.25, 0.3) is 0 Å². The molecule has 0 bridgehead atoms. The van der Waals surface area contributed by atoms with Gasteiger partial charge in [-0.25, -0.2) is 0 Å². The molecule has 1 heterocycles. The molecule has 2 N–H and O–H groups in total. The van der Waals surface area contributed by atoms with E-state index < -0.39 is 6.04 Å². The fourth-order valence-corrected chi connectivity index (χ4v) is 2.80. The van der Waals surface area contributed by atoms with Crippen molar-refractivity contribution in [3.8, 4) is 0 Å². The lowest BCUT2D eigenvalue weighted by Crippen LogP contribution is -2.45. The molecular formula is C19H29N3O3. The van der Waals surface area contributed by atoms with Crippen LogP contribution in [0, 0.1) is 5.92 Å². The summed E-state index contributed by atoms with van der Waals surface area (Å²) < 4.78 is 5.32. The van der Waals surface area contributed by atoms with Gasteiger partial charge in [-0.1, -0.05) is 44.2 Å². The molecule has 6 nitrogen and oxygen atoms in total. The summed E-state index contributed by atoms with van der Waals surface area (Å²) in [5.41, 5.74) is 0.795. The van der Waals surface area contributed by atoms with Crippen molar-refractivity contribution >= 4 is 11.8 Å². The van der Waals surface area contributed by atoms with E-state index in [1.807, 2.05) is 44.2 Å². The maximum Gasteiger partial charge on any atom is 0.247 e. The van der Waals surface area contributed by atoms with Gasteiger partial charge >= 0.3 is 0 Å². The second-order valence-electron chi connectivity index (χ2n) is 6.75. The first-order valence-electron chi connectivity index (χ1n) is 8.98. The molecule has 2 amide bonds. The number of hydrogen-bond donors (Lipinski definition) is 2. The largest absolute Gasteiger partial charge is 0.379 e. The smallest absolute Gasteiger partial charge is 0.247 e. The summed E-state index contributed by atoms with van der Waals surface area (Å²) in [6.45, 7) is 8.59. The zero-order valence-electron chi connectivity index (χ0n) is 15.2. The molecule has 1 atom stereocenters. The van der Waals surface area contributed by atoms with Crippen molar-refractivity contribution in [1.82, 2.24) is 15.5 Å². The first-order chi connectivity index (χ1) is 12.1. The summed E-state index contributed by atoms with van der Waals surface area (Å²) in [7, 11) is 0. The Balaban J connectivity index is 1.91. The number of carbonyl (C=O) groups is 2. The normalized spacial score (nSPS) is 16.4. The van der Waals surface area contributed by atoms with Gasteiger partial charge in [0, 0.05) is 32.6 Å². The van der Waals surface area contributed by atoms with Crippen LogP contribution in [-0.2, 0) is 14.3 Å². The van der Waals surface area contributed by atoms with Gasteiger partial charge in [0.25, 0.3) is 0 Å². The van der Waals surface area contributed by atoms with Crippen LogP contribution in [0.3, 0.4) is 0 Å². The van der Waals surface area contributed by atoms with E-state index in [1.165, 1.54) is 0 Å². The third-order valence-corrected chi connectivity index (χ3v) is 4.13. The Kier molecular flexibility index (Phi) is 7.88. The van der Waals surface area contributed by atoms with Gasteiger partial charge in [-0.15, -0.1) is 0 Å². The second-order valence-corrected chi connectivity index (χ2v) is 6.75. The third kappa shape index (κ3) is 6.84. The van der Waals surface area contributed by atoms with E-state index in [2.05, 4.69) is 15.5 Å². The van der Waals surface area contributed by atoms with Crippen molar-refractivity contribution in [2.75, 3.05) is 39.4 Å². The molecule has 1 aliphatic heterocycles. The first kappa shape index (κ1) is 19.4. The fourth-order valence-electron chi connectivity index (χ4n) is 2.80. The first-order valence-corrected chi connectivity index (χ1v) is 8.98. The molecule has 6 heteroatoms. The highest BCUT2D eigenvalue weighted by molar-refractivity contribution is 5.88. The Morgan fingerprint density at radius 3 is 2.48 bits per heavy atom. The number of hydrogen-bond acceptors (Lipinski definition) is 4. The average molecular weight is 347 g/mol. The van der Waals surface area contributed by atoms with Crippen molar-refractivity contribution < 1.29 is 14.3 Å². The maximum absolute atomic E-state index is 12.6. The molecule has 1 aliphatic rings. The molecule has 1 aromatic carbocycles. The standard InChI is InChI=1S/C19H29N3O3/c1-15(2)14-17(23)21-18(16-6-4-3-5-7-16)19(24)20-8-9-22-10-12-25-13-11-22/h3-7,15,18H,8-14H2,1-2H3,(H,20,24)(H,21,23). The molecule has 0 spiro atoms. The number of benzene rings is 1. The van der Waals surface area contributed by atoms with Crippen LogP contribution in [0.4, 0.5) is 0 Å². The molecule has 0 aromatic heterocycles. The van der Waals surface area contributed by atoms with Crippen LogP contribution in [0.15, 0.2) is 30.3 Å². The maximum atomic E-state index is 12.6. The molecule has 1 fully saturated rings. The Hall–Kier alpha value is -1.92. The summed E-state index contributed by atoms with van der Waals surface area (Å²) in [4.78, 5) is 27.0. The number of ether oxygens (including phenoxy) is 1. The molecule has 0 radical (unpaired) electrons. The van der Waals surface area contributed by atoms with E-state index in [0.717, 1.165) is 38.4 Å². The van der Waals surface area contributed by atoms with E-state index in [0.29, 0.717) is 13.0 Å². The zero-order valence-corrected chi connectivity index (χ0v) is 15.2. The number of nitrogens with zero attached hydrogens (tertiary/aromatic N) is 1. The highest BCUT2D eigenvalue weighted by Crippen LogP contribution is 2.14. The van der Waals surface area contributed by atoms with Gasteiger partial charge in [0.2, 0.25) is 11.8 Å². The summed E-state index contributed by atoms with van der Waals surface area (Å²) in [5, 5.41) is 5.82. The molecule has 25 heavy (non-hydrogen) atoms. The molecule has 0 aliphatic carbocycles. The fraction of sp³-hybridized carbons (Fsp3) is 0.579. The van der Waals surface area contributed by atoms with Crippen LogP contribution < -0.4 is 10.6 Å². The summed E-state index contributed by atoms with van der Waals surface area (Å²) >= 11 is 0. The minimum atomic E-state index is -0.655. The van der Waals surface area contributed by atoms with Crippen molar-refractivity contribution in [3.05, 3.63) is 35.9 Å². The summed E-state index contributed by atoms with van der Waals surface area (Å²) in [6, 6.07) is 8.71. The van der Waals surface area contributed by atoms with Gasteiger partial charge in [0.15, 0.2) is 0 Å². The van der Waals surface area contributed by atoms with E-state index in [1.54, 1.807) is 0 Å². The van der Waals surface area contributed by atoms with Crippen molar-refractivity contribution in [2.24, 2.45) is 5.92 Å². The summed E-state index contributed by atoms with van der Waals surface area (Å²) in [5.74, 6) is -0.0236. The lowest BCUT2D eigenvalue weighted by atomic mass is 10.0. The van der Waals surface area contributed by atoms with Crippen molar-refractivity contribution in [3.63, 3.8) is 0 Å². The lowest BCUT2D eigenvalue weighted by molar-refractivity contribution is -0.129.